The van der Waals surface area contributed by atoms with Crippen LogP contribution in [0.5, 0.6) is 11.5 Å². The average Bonchev–Trinajstić information content (AvgIpc) is 2.96. The second kappa shape index (κ2) is 14.2. The minimum absolute atomic E-state index is 0.134. The first-order chi connectivity index (χ1) is 19.7. The Hall–Kier alpha value is -3.78. The van der Waals surface area contributed by atoms with Gasteiger partial charge in [0.15, 0.2) is 12.1 Å². The lowest BCUT2D eigenvalue weighted by molar-refractivity contribution is -0.0979. The summed E-state index contributed by atoms with van der Waals surface area (Å²) in [6.07, 6.45) is 1.05. The third-order valence-electron chi connectivity index (χ3n) is 6.05. The number of rotatable bonds is 9. The van der Waals surface area contributed by atoms with Gasteiger partial charge in [0, 0.05) is 23.2 Å². The highest BCUT2D eigenvalue weighted by Crippen LogP contribution is 2.32. The molecular formula is C28H32BrN5O7. The smallest absolute Gasteiger partial charge is 0.415 e. The summed E-state index contributed by atoms with van der Waals surface area (Å²) in [5.41, 5.74) is 2.64. The highest BCUT2D eigenvalue weighted by Gasteiger charge is 2.27. The Bertz CT molecular complexity index is 1340. The number of ether oxygens (including phenoxy) is 4. The van der Waals surface area contributed by atoms with E-state index in [2.05, 4.69) is 36.5 Å². The molecule has 1 aliphatic rings. The number of aliphatic hydroxyl groups excluding tert-OH is 1. The molecule has 218 valence electrons. The van der Waals surface area contributed by atoms with E-state index in [9.17, 15) is 14.7 Å². The summed E-state index contributed by atoms with van der Waals surface area (Å²) in [5, 5.41) is 15.3. The molecule has 1 saturated heterocycles. The highest BCUT2D eigenvalue weighted by atomic mass is 79.9. The van der Waals surface area contributed by atoms with Crippen molar-refractivity contribution >= 4 is 39.6 Å². The van der Waals surface area contributed by atoms with Gasteiger partial charge in [-0.05, 0) is 50.6 Å². The van der Waals surface area contributed by atoms with Crippen LogP contribution in [-0.2, 0) is 9.47 Å². The molecule has 0 saturated carbocycles. The summed E-state index contributed by atoms with van der Waals surface area (Å²) in [7, 11) is 0. The van der Waals surface area contributed by atoms with Gasteiger partial charge in [0.1, 0.15) is 24.2 Å². The molecule has 41 heavy (non-hydrogen) atoms. The van der Waals surface area contributed by atoms with Crippen LogP contribution in [0.3, 0.4) is 0 Å². The molecule has 0 radical (unpaired) electrons. The molecule has 4 rings (SSSR count). The van der Waals surface area contributed by atoms with Crippen molar-refractivity contribution in [3.8, 4) is 11.5 Å². The normalized spacial score (nSPS) is 15.6. The van der Waals surface area contributed by atoms with Crippen LogP contribution in [0.25, 0.3) is 0 Å². The van der Waals surface area contributed by atoms with Gasteiger partial charge in [0.25, 0.3) is 0 Å². The minimum atomic E-state index is -1.04. The zero-order valence-corrected chi connectivity index (χ0v) is 24.5. The Kier molecular flexibility index (Phi) is 10.5. The number of nitrogens with one attached hydrogen (secondary N) is 2. The van der Waals surface area contributed by atoms with Gasteiger partial charge in [0.2, 0.25) is 0 Å². The van der Waals surface area contributed by atoms with Gasteiger partial charge >= 0.3 is 12.1 Å². The molecule has 2 unspecified atom stereocenters. The van der Waals surface area contributed by atoms with E-state index in [0.717, 1.165) is 15.7 Å². The van der Waals surface area contributed by atoms with Gasteiger partial charge < -0.3 is 34.3 Å². The summed E-state index contributed by atoms with van der Waals surface area (Å²) in [5.74, 6) is 1.09. The van der Waals surface area contributed by atoms with Gasteiger partial charge in [-0.15, -0.1) is 0 Å². The van der Waals surface area contributed by atoms with Crippen LogP contribution < -0.4 is 20.1 Å². The van der Waals surface area contributed by atoms with Crippen molar-refractivity contribution in [2.75, 3.05) is 43.5 Å². The Morgan fingerprint density at radius 3 is 2.66 bits per heavy atom. The molecule has 3 aromatic rings. The van der Waals surface area contributed by atoms with E-state index < -0.39 is 24.5 Å². The van der Waals surface area contributed by atoms with E-state index in [1.54, 1.807) is 61.3 Å². The van der Waals surface area contributed by atoms with Crippen LogP contribution in [0.4, 0.5) is 21.1 Å². The number of hydrogen-bond donors (Lipinski definition) is 3. The topological polar surface area (TPSA) is 144 Å². The van der Waals surface area contributed by atoms with Gasteiger partial charge in [0.05, 0.1) is 36.9 Å². The number of aliphatic hydroxyl groups is 1. The summed E-state index contributed by atoms with van der Waals surface area (Å²) in [6, 6.07) is 9.51. The maximum Gasteiger partial charge on any atom is 0.415 e. The summed E-state index contributed by atoms with van der Waals surface area (Å²) < 4.78 is 23.3. The summed E-state index contributed by atoms with van der Waals surface area (Å²) in [6.45, 7) is 6.94. The van der Waals surface area contributed by atoms with Crippen LogP contribution in [0.15, 0.2) is 53.3 Å². The standard InChI is InChI=1S/C28H32BrN5O7/c1-4-38-26(35)19-5-7-20(8-6-19)41-28(37)34-9-10-39-21(15-34)16-40-24-11-17(2)22(29)12-23(24)32-27(36)33-25-14-30-18(3)13-31-25/h5-8,11-14,21,26,35H,4,9-10,15-16H2,1-3H3,(H2,31,32,33,36). The number of carbonyl (C=O) groups is 2. The van der Waals surface area contributed by atoms with E-state index in [4.69, 9.17) is 18.9 Å². The molecule has 12 nitrogen and oxygen atoms in total. The van der Waals surface area contributed by atoms with E-state index >= 15 is 0 Å². The fourth-order valence-electron chi connectivity index (χ4n) is 3.89. The zero-order chi connectivity index (χ0) is 29.4. The van der Waals surface area contributed by atoms with Gasteiger partial charge in [-0.1, -0.05) is 28.1 Å². The molecule has 2 aromatic carbocycles. The molecule has 2 heterocycles. The van der Waals surface area contributed by atoms with Crippen LogP contribution in [0, 0.1) is 13.8 Å². The Morgan fingerprint density at radius 2 is 1.95 bits per heavy atom. The Labute approximate surface area is 246 Å². The summed E-state index contributed by atoms with van der Waals surface area (Å²) in [4.78, 5) is 35.2. The number of anilines is 2. The molecule has 0 spiro atoms. The molecule has 3 N–H and O–H groups in total. The van der Waals surface area contributed by atoms with E-state index in [-0.39, 0.29) is 13.2 Å². The lowest BCUT2D eigenvalue weighted by Crippen LogP contribution is -2.48. The van der Waals surface area contributed by atoms with Crippen LogP contribution in [0.2, 0.25) is 0 Å². The number of aryl methyl sites for hydroxylation is 2. The van der Waals surface area contributed by atoms with Gasteiger partial charge in [-0.2, -0.15) is 0 Å². The van der Waals surface area contributed by atoms with Crippen molar-refractivity contribution in [3.05, 3.63) is 70.1 Å². The summed E-state index contributed by atoms with van der Waals surface area (Å²) >= 11 is 3.49. The predicted molar refractivity (Wildman–Crippen MR) is 154 cm³/mol. The Balaban J connectivity index is 1.33. The molecule has 13 heteroatoms. The van der Waals surface area contributed by atoms with E-state index in [1.807, 2.05) is 6.92 Å². The van der Waals surface area contributed by atoms with Crippen molar-refractivity contribution < 1.29 is 33.6 Å². The van der Waals surface area contributed by atoms with Crippen LogP contribution >= 0.6 is 15.9 Å². The largest absolute Gasteiger partial charge is 0.489 e. The maximum atomic E-state index is 12.8. The Morgan fingerprint density at radius 1 is 1.17 bits per heavy atom. The number of hydrogen-bond acceptors (Lipinski definition) is 9. The number of urea groups is 1. The number of amides is 3. The third-order valence-corrected chi connectivity index (χ3v) is 6.90. The second-order valence-corrected chi connectivity index (χ2v) is 10.1. The minimum Gasteiger partial charge on any atom is -0.489 e. The number of carbonyl (C=O) groups excluding carboxylic acids is 2. The molecule has 3 amide bonds. The van der Waals surface area contributed by atoms with Crippen molar-refractivity contribution in [3.63, 3.8) is 0 Å². The van der Waals surface area contributed by atoms with E-state index in [0.29, 0.717) is 48.3 Å². The SMILES string of the molecule is CCOC(O)c1ccc(OC(=O)N2CCOC(COc3cc(C)c(Br)cc3NC(=O)Nc3cnc(C)cn3)C2)cc1. The van der Waals surface area contributed by atoms with Crippen molar-refractivity contribution in [1.82, 2.24) is 14.9 Å². The number of halogens is 1. The fraction of sp³-hybridized carbons (Fsp3) is 0.357. The molecule has 0 aliphatic carbocycles. The number of aromatic nitrogens is 2. The molecule has 2 atom stereocenters. The lowest BCUT2D eigenvalue weighted by atomic mass is 10.2. The number of morpholine rings is 1. The van der Waals surface area contributed by atoms with Crippen molar-refractivity contribution in [1.29, 1.82) is 0 Å². The predicted octanol–water partition coefficient (Wildman–Crippen LogP) is 4.81. The quantitative estimate of drug-likeness (QED) is 0.284. The molecule has 1 aliphatic heterocycles. The molecule has 0 bridgehead atoms. The molecular weight excluding hydrogens is 598 g/mol. The van der Waals surface area contributed by atoms with Gasteiger partial charge in [-0.3, -0.25) is 10.3 Å². The van der Waals surface area contributed by atoms with E-state index in [1.165, 1.54) is 6.20 Å². The second-order valence-electron chi connectivity index (χ2n) is 9.21. The lowest BCUT2D eigenvalue weighted by Gasteiger charge is -2.32. The van der Waals surface area contributed by atoms with Crippen LogP contribution in [0.1, 0.15) is 30.0 Å². The first kappa shape index (κ1) is 30.2. The monoisotopic (exact) mass is 629 g/mol. The molecule has 1 aromatic heterocycles. The van der Waals surface area contributed by atoms with Gasteiger partial charge in [-0.25, -0.2) is 14.6 Å². The van der Waals surface area contributed by atoms with Crippen LogP contribution in [-0.4, -0.2) is 71.1 Å². The molecule has 1 fully saturated rings. The average molecular weight is 630 g/mol. The zero-order valence-electron chi connectivity index (χ0n) is 22.9. The fourth-order valence-corrected chi connectivity index (χ4v) is 4.23. The van der Waals surface area contributed by atoms with Crippen molar-refractivity contribution in [2.45, 2.75) is 33.2 Å². The highest BCUT2D eigenvalue weighted by molar-refractivity contribution is 9.10. The first-order valence-corrected chi connectivity index (χ1v) is 13.8. The number of benzene rings is 2. The third kappa shape index (κ3) is 8.60. The first-order valence-electron chi connectivity index (χ1n) is 13.0. The maximum absolute atomic E-state index is 12.8. The van der Waals surface area contributed by atoms with Crippen molar-refractivity contribution in [2.24, 2.45) is 0 Å². The number of nitrogens with zero attached hydrogens (tertiary/aromatic N) is 3.